The molecule has 0 unspecified atom stereocenters. The minimum Gasteiger partial charge on any atom is -0.497 e. The molecule has 0 N–H and O–H groups in total. The average Bonchev–Trinajstić information content (AvgIpc) is 2.03. The van der Waals surface area contributed by atoms with Crippen LogP contribution in [-0.2, 0) is 6.04 Å². The zero-order valence-corrected chi connectivity index (χ0v) is 10.1. The van der Waals surface area contributed by atoms with Crippen molar-refractivity contribution in [3.8, 4) is 5.75 Å². The number of halogens is 1. The highest BCUT2D eigenvalue weighted by Gasteiger charge is 2.17. The number of methoxy groups -OCH3 is 1. The topological polar surface area (TPSA) is 9.23 Å². The van der Waals surface area contributed by atoms with E-state index in [-0.39, 0.29) is 0 Å². The van der Waals surface area contributed by atoms with Gasteiger partial charge in [0.25, 0.3) is 0 Å². The Bertz CT molecular complexity index is 263. The molecule has 1 rings (SSSR count). The fourth-order valence-corrected chi connectivity index (χ4v) is 2.90. The first-order chi connectivity index (χ1) is 6.01. The molecule has 0 aromatic heterocycles. The van der Waals surface area contributed by atoms with Gasteiger partial charge < -0.3 is 4.74 Å². The van der Waals surface area contributed by atoms with Gasteiger partial charge in [0.05, 0.1) is 7.11 Å². The van der Waals surface area contributed by atoms with E-state index in [4.69, 9.17) is 15.8 Å². The first-order valence-electron chi connectivity index (χ1n) is 4.33. The predicted octanol–water partition coefficient (Wildman–Crippen LogP) is 3.22. The van der Waals surface area contributed by atoms with E-state index in [1.165, 1.54) is 5.56 Å². The maximum absolute atomic E-state index is 6.25. The summed E-state index contributed by atoms with van der Waals surface area (Å²) in [6, 6.07) is 9.13. The highest BCUT2D eigenvalue weighted by molar-refractivity contribution is 7.18. The van der Waals surface area contributed by atoms with Crippen LogP contribution in [0, 0.1) is 0 Å². The maximum Gasteiger partial charge on any atom is 0.154 e. The molecule has 0 aliphatic heterocycles. The van der Waals surface area contributed by atoms with Crippen molar-refractivity contribution in [3.05, 3.63) is 29.8 Å². The molecule has 0 aliphatic carbocycles. The molecule has 0 bridgehead atoms. The molecule has 1 aromatic carbocycles. The summed E-state index contributed by atoms with van der Waals surface area (Å²) in [7, 11) is 0.182. The molecule has 13 heavy (non-hydrogen) atoms. The number of hydrogen-bond acceptors (Lipinski definition) is 1. The third-order valence-corrected chi connectivity index (χ3v) is 3.43. The van der Waals surface area contributed by atoms with Gasteiger partial charge >= 0.3 is 0 Å². The molecule has 0 amide bonds. The van der Waals surface area contributed by atoms with Gasteiger partial charge in [-0.25, -0.2) is 0 Å². The largest absolute Gasteiger partial charge is 0.497 e. The van der Waals surface area contributed by atoms with E-state index in [1.807, 2.05) is 12.1 Å². The molecule has 0 saturated carbocycles. The van der Waals surface area contributed by atoms with Crippen LogP contribution in [0.4, 0.5) is 0 Å². The summed E-state index contributed by atoms with van der Waals surface area (Å²) in [4.78, 5) is 0. The number of hydrogen-bond donors (Lipinski definition) is 0. The smallest absolute Gasteiger partial charge is 0.154 e. The fraction of sp³-hybridized carbons (Fsp3) is 0.400. The van der Waals surface area contributed by atoms with Crippen molar-refractivity contribution in [2.45, 2.75) is 19.1 Å². The van der Waals surface area contributed by atoms with Crippen LogP contribution in [0.1, 0.15) is 5.56 Å². The lowest BCUT2D eigenvalue weighted by molar-refractivity contribution is 0.414. The summed E-state index contributed by atoms with van der Waals surface area (Å²) in [6.07, 6.45) is 0. The fourth-order valence-electron chi connectivity index (χ4n) is 1.23. The third kappa shape index (κ3) is 3.83. The van der Waals surface area contributed by atoms with E-state index >= 15 is 0 Å². The van der Waals surface area contributed by atoms with Gasteiger partial charge in [0.15, 0.2) is 7.38 Å². The minimum absolute atomic E-state index is 0.901. The number of rotatable bonds is 3. The molecule has 0 saturated heterocycles. The van der Waals surface area contributed by atoms with Crippen LogP contribution < -0.4 is 4.74 Å². The molecular formula is C10H15ClOSi. The van der Waals surface area contributed by atoms with Gasteiger partial charge in [-0.15, -0.1) is 0 Å². The number of benzene rings is 1. The maximum atomic E-state index is 6.25. The standard InChI is InChI=1S/C10H15ClOSi/c1-12-10-6-4-9(5-7-10)8-13(2,3)11/h4-7H,8H2,1-3H3. The summed E-state index contributed by atoms with van der Waals surface area (Å²) >= 11 is 6.25. The number of ether oxygens (including phenoxy) is 1. The molecule has 0 radical (unpaired) electrons. The molecular weight excluding hydrogens is 200 g/mol. The zero-order valence-electron chi connectivity index (χ0n) is 8.30. The SMILES string of the molecule is COc1ccc(C[Si](C)(C)Cl)cc1. The van der Waals surface area contributed by atoms with Crippen molar-refractivity contribution in [3.63, 3.8) is 0 Å². The van der Waals surface area contributed by atoms with Gasteiger partial charge in [-0.1, -0.05) is 25.2 Å². The molecule has 0 fully saturated rings. The highest BCUT2D eigenvalue weighted by atomic mass is 35.6. The van der Waals surface area contributed by atoms with Gasteiger partial charge in [0.2, 0.25) is 0 Å². The Morgan fingerprint density at radius 2 is 1.77 bits per heavy atom. The molecule has 0 spiro atoms. The van der Waals surface area contributed by atoms with Crippen molar-refractivity contribution < 1.29 is 4.74 Å². The molecule has 1 nitrogen and oxygen atoms in total. The molecule has 1 aromatic rings. The third-order valence-electron chi connectivity index (χ3n) is 1.78. The molecule has 0 heterocycles. The normalized spacial score (nSPS) is 11.4. The predicted molar refractivity (Wildman–Crippen MR) is 60.0 cm³/mol. The van der Waals surface area contributed by atoms with Crippen LogP contribution in [0.5, 0.6) is 5.75 Å². The Balaban J connectivity index is 2.70. The van der Waals surface area contributed by atoms with Gasteiger partial charge in [-0.2, -0.15) is 11.1 Å². The average molecular weight is 215 g/mol. The first-order valence-corrected chi connectivity index (χ1v) is 8.55. The van der Waals surface area contributed by atoms with Crippen molar-refractivity contribution in [2.24, 2.45) is 0 Å². The summed E-state index contributed by atoms with van der Waals surface area (Å²) in [5.41, 5.74) is 1.30. The molecule has 0 atom stereocenters. The van der Waals surface area contributed by atoms with E-state index in [0.717, 1.165) is 11.8 Å². The van der Waals surface area contributed by atoms with Crippen LogP contribution >= 0.6 is 11.1 Å². The highest BCUT2D eigenvalue weighted by Crippen LogP contribution is 2.18. The Morgan fingerprint density at radius 3 is 2.15 bits per heavy atom. The van der Waals surface area contributed by atoms with Gasteiger partial charge in [-0.05, 0) is 23.7 Å². The second kappa shape index (κ2) is 4.16. The Morgan fingerprint density at radius 1 is 1.23 bits per heavy atom. The van der Waals surface area contributed by atoms with E-state index in [0.29, 0.717) is 0 Å². The van der Waals surface area contributed by atoms with Crippen molar-refractivity contribution >= 4 is 18.5 Å². The lowest BCUT2D eigenvalue weighted by Crippen LogP contribution is -2.20. The quantitative estimate of drug-likeness (QED) is 0.555. The molecule has 72 valence electrons. The Hall–Kier alpha value is -0.473. The first kappa shape index (κ1) is 10.6. The summed E-state index contributed by atoms with van der Waals surface area (Å²) in [5.74, 6) is 0.901. The van der Waals surface area contributed by atoms with Crippen LogP contribution in [0.15, 0.2) is 24.3 Å². The molecule has 0 aliphatic rings. The second-order valence-corrected chi connectivity index (χ2v) is 10.6. The Labute approximate surface area is 85.4 Å². The summed E-state index contributed by atoms with van der Waals surface area (Å²) < 4.78 is 5.08. The second-order valence-electron chi connectivity index (χ2n) is 3.74. The van der Waals surface area contributed by atoms with Crippen molar-refractivity contribution in [2.75, 3.05) is 7.11 Å². The van der Waals surface area contributed by atoms with Gasteiger partial charge in [-0.3, -0.25) is 0 Å². The zero-order chi connectivity index (χ0) is 9.90. The monoisotopic (exact) mass is 214 g/mol. The van der Waals surface area contributed by atoms with Crippen LogP contribution in [0.3, 0.4) is 0 Å². The van der Waals surface area contributed by atoms with E-state index < -0.39 is 7.38 Å². The minimum atomic E-state index is -1.49. The van der Waals surface area contributed by atoms with Gasteiger partial charge in [0, 0.05) is 0 Å². The Kier molecular flexibility index (Phi) is 3.39. The van der Waals surface area contributed by atoms with Crippen LogP contribution in [0.25, 0.3) is 0 Å². The van der Waals surface area contributed by atoms with E-state index in [1.54, 1.807) is 7.11 Å². The van der Waals surface area contributed by atoms with E-state index in [9.17, 15) is 0 Å². The van der Waals surface area contributed by atoms with Crippen molar-refractivity contribution in [1.82, 2.24) is 0 Å². The summed E-state index contributed by atoms with van der Waals surface area (Å²) in [6.45, 7) is 4.30. The molecule has 3 heteroatoms. The van der Waals surface area contributed by atoms with Crippen molar-refractivity contribution in [1.29, 1.82) is 0 Å². The van der Waals surface area contributed by atoms with E-state index in [2.05, 4.69) is 25.2 Å². The lowest BCUT2D eigenvalue weighted by atomic mass is 10.2. The lowest BCUT2D eigenvalue weighted by Gasteiger charge is -2.12. The summed E-state index contributed by atoms with van der Waals surface area (Å²) in [5, 5.41) is 0. The van der Waals surface area contributed by atoms with Gasteiger partial charge in [0.1, 0.15) is 5.75 Å². The van der Waals surface area contributed by atoms with Crippen LogP contribution in [-0.4, -0.2) is 14.5 Å². The van der Waals surface area contributed by atoms with Crippen LogP contribution in [0.2, 0.25) is 13.1 Å².